The third-order valence-corrected chi connectivity index (χ3v) is 5.81. The Morgan fingerprint density at radius 2 is 1.84 bits per heavy atom. The van der Waals surface area contributed by atoms with E-state index >= 15 is 0 Å². The van der Waals surface area contributed by atoms with E-state index in [0.717, 1.165) is 17.8 Å². The zero-order chi connectivity index (χ0) is 22.2. The lowest BCUT2D eigenvalue weighted by atomic mass is 10.1. The van der Waals surface area contributed by atoms with Gasteiger partial charge in [0, 0.05) is 36.9 Å². The molecular formula is C22H24ClN3O4S. The summed E-state index contributed by atoms with van der Waals surface area (Å²) >= 11 is 7.36. The van der Waals surface area contributed by atoms with Gasteiger partial charge in [-0.05, 0) is 42.8 Å². The highest BCUT2D eigenvalue weighted by atomic mass is 35.5. The highest BCUT2D eigenvalue weighted by Crippen LogP contribution is 2.29. The molecule has 0 atom stereocenters. The van der Waals surface area contributed by atoms with Crippen LogP contribution in [-0.2, 0) is 11.3 Å². The molecule has 1 aromatic heterocycles. The number of rotatable bonds is 11. The lowest BCUT2D eigenvalue weighted by Gasteiger charge is -2.11. The van der Waals surface area contributed by atoms with Crippen molar-refractivity contribution in [3.8, 4) is 22.9 Å². The van der Waals surface area contributed by atoms with E-state index in [2.05, 4.69) is 10.2 Å². The summed E-state index contributed by atoms with van der Waals surface area (Å²) in [4.78, 5) is 12.8. The van der Waals surface area contributed by atoms with Crippen molar-refractivity contribution in [3.05, 3.63) is 53.1 Å². The molecule has 0 aliphatic carbocycles. The number of Topliss-reactive ketones (excluding diaryl/α,β-unsaturated/α-hetero) is 1. The molecular weight excluding hydrogens is 438 g/mol. The zero-order valence-electron chi connectivity index (χ0n) is 17.6. The summed E-state index contributed by atoms with van der Waals surface area (Å²) in [6.45, 7) is 1.28. The molecule has 0 aliphatic heterocycles. The van der Waals surface area contributed by atoms with Crippen molar-refractivity contribution in [1.29, 1.82) is 0 Å². The van der Waals surface area contributed by atoms with Crippen LogP contribution >= 0.6 is 23.4 Å². The SMILES string of the molecule is COCCCn1c(SCC(=O)c2ccc(OC)cc2OC)nnc1-c1ccc(Cl)cc1. The van der Waals surface area contributed by atoms with E-state index in [1.807, 2.05) is 28.8 Å². The van der Waals surface area contributed by atoms with Crippen LogP contribution in [0.25, 0.3) is 11.4 Å². The molecule has 1 heterocycles. The van der Waals surface area contributed by atoms with E-state index in [9.17, 15) is 4.79 Å². The molecule has 0 fully saturated rings. The Labute approximate surface area is 190 Å². The molecule has 7 nitrogen and oxygen atoms in total. The Hall–Kier alpha value is -2.55. The number of ether oxygens (including phenoxy) is 3. The van der Waals surface area contributed by atoms with Gasteiger partial charge in [0.1, 0.15) is 11.5 Å². The summed E-state index contributed by atoms with van der Waals surface area (Å²) in [5.74, 6) is 1.97. The molecule has 0 amide bonds. The molecule has 0 radical (unpaired) electrons. The van der Waals surface area contributed by atoms with Crippen LogP contribution in [0.1, 0.15) is 16.8 Å². The quantitative estimate of drug-likeness (QED) is 0.234. The molecule has 3 rings (SSSR count). The first kappa shape index (κ1) is 23.1. The molecule has 0 saturated carbocycles. The predicted molar refractivity (Wildman–Crippen MR) is 122 cm³/mol. The van der Waals surface area contributed by atoms with Gasteiger partial charge in [0.2, 0.25) is 0 Å². The van der Waals surface area contributed by atoms with Crippen LogP contribution in [-0.4, -0.2) is 54.2 Å². The van der Waals surface area contributed by atoms with E-state index in [0.29, 0.717) is 40.4 Å². The van der Waals surface area contributed by atoms with E-state index in [1.165, 1.54) is 18.9 Å². The van der Waals surface area contributed by atoms with Crippen molar-refractivity contribution >= 4 is 29.1 Å². The van der Waals surface area contributed by atoms with Crippen molar-refractivity contribution < 1.29 is 19.0 Å². The fourth-order valence-electron chi connectivity index (χ4n) is 3.01. The highest BCUT2D eigenvalue weighted by molar-refractivity contribution is 7.99. The van der Waals surface area contributed by atoms with E-state index in [1.54, 1.807) is 32.4 Å². The van der Waals surface area contributed by atoms with E-state index < -0.39 is 0 Å². The molecule has 0 spiro atoms. The largest absolute Gasteiger partial charge is 0.497 e. The maximum Gasteiger partial charge on any atom is 0.191 e. The molecule has 0 bridgehead atoms. The summed E-state index contributed by atoms with van der Waals surface area (Å²) in [7, 11) is 4.77. The smallest absolute Gasteiger partial charge is 0.191 e. The average molecular weight is 462 g/mol. The Balaban J connectivity index is 1.80. The standard InChI is InChI=1S/C22H24ClN3O4S/c1-28-12-4-11-26-21(15-5-7-16(23)8-6-15)24-25-22(26)31-14-19(27)18-10-9-17(29-2)13-20(18)30-3/h5-10,13H,4,11-12,14H2,1-3H3. The van der Waals surface area contributed by atoms with Gasteiger partial charge in [0.05, 0.1) is 25.5 Å². The second kappa shape index (κ2) is 11.2. The third kappa shape index (κ3) is 5.78. The third-order valence-electron chi connectivity index (χ3n) is 4.59. The lowest BCUT2D eigenvalue weighted by Crippen LogP contribution is -2.08. The molecule has 9 heteroatoms. The molecule has 164 valence electrons. The van der Waals surface area contributed by atoms with Gasteiger partial charge in [-0.3, -0.25) is 4.79 Å². The van der Waals surface area contributed by atoms with Crippen LogP contribution in [0.15, 0.2) is 47.6 Å². The number of thioether (sulfide) groups is 1. The van der Waals surface area contributed by atoms with Gasteiger partial charge in [-0.25, -0.2) is 0 Å². The molecule has 0 aliphatic rings. The number of ketones is 1. The van der Waals surface area contributed by atoms with Gasteiger partial charge < -0.3 is 18.8 Å². The van der Waals surface area contributed by atoms with E-state index in [-0.39, 0.29) is 11.5 Å². The second-order valence-electron chi connectivity index (χ2n) is 6.59. The van der Waals surface area contributed by atoms with Gasteiger partial charge in [-0.2, -0.15) is 0 Å². The average Bonchev–Trinajstić information content (AvgIpc) is 3.20. The number of carbonyl (C=O) groups excluding carboxylic acids is 1. The van der Waals surface area contributed by atoms with Gasteiger partial charge in [0.15, 0.2) is 16.8 Å². The summed E-state index contributed by atoms with van der Waals surface area (Å²) in [5, 5.41) is 10.0. The first-order valence-corrected chi connectivity index (χ1v) is 11.0. The number of halogens is 1. The van der Waals surface area contributed by atoms with Crippen molar-refractivity contribution in [2.45, 2.75) is 18.1 Å². The minimum Gasteiger partial charge on any atom is -0.497 e. The lowest BCUT2D eigenvalue weighted by molar-refractivity contribution is 0.101. The van der Waals surface area contributed by atoms with Crippen LogP contribution in [0, 0.1) is 0 Å². The molecule has 3 aromatic rings. The molecule has 31 heavy (non-hydrogen) atoms. The summed E-state index contributed by atoms with van der Waals surface area (Å²) < 4.78 is 17.7. The van der Waals surface area contributed by atoms with Gasteiger partial charge in [0.25, 0.3) is 0 Å². The number of hydrogen-bond donors (Lipinski definition) is 0. The van der Waals surface area contributed by atoms with E-state index in [4.69, 9.17) is 25.8 Å². The second-order valence-corrected chi connectivity index (χ2v) is 7.97. The Bertz CT molecular complexity index is 1020. The highest BCUT2D eigenvalue weighted by Gasteiger charge is 2.18. The number of benzene rings is 2. The Morgan fingerprint density at radius 3 is 2.52 bits per heavy atom. The van der Waals surface area contributed by atoms with Crippen LogP contribution in [0.3, 0.4) is 0 Å². The monoisotopic (exact) mass is 461 g/mol. The Morgan fingerprint density at radius 1 is 1.06 bits per heavy atom. The number of aromatic nitrogens is 3. The van der Waals surface area contributed by atoms with Crippen LogP contribution in [0.4, 0.5) is 0 Å². The summed E-state index contributed by atoms with van der Waals surface area (Å²) in [6, 6.07) is 12.6. The van der Waals surface area contributed by atoms with Crippen LogP contribution < -0.4 is 9.47 Å². The predicted octanol–water partition coefficient (Wildman–Crippen LogP) is 4.63. The van der Waals surface area contributed by atoms with Gasteiger partial charge in [-0.15, -0.1) is 10.2 Å². The molecule has 0 N–H and O–H groups in total. The number of methoxy groups -OCH3 is 3. The van der Waals surface area contributed by atoms with Gasteiger partial charge in [-0.1, -0.05) is 23.4 Å². The normalized spacial score (nSPS) is 10.8. The summed E-state index contributed by atoms with van der Waals surface area (Å²) in [6.07, 6.45) is 0.795. The Kier molecular flexibility index (Phi) is 8.34. The first-order chi connectivity index (χ1) is 15.1. The fraction of sp³-hybridized carbons (Fsp3) is 0.318. The van der Waals surface area contributed by atoms with Crippen LogP contribution in [0.5, 0.6) is 11.5 Å². The topological polar surface area (TPSA) is 75.5 Å². The minimum atomic E-state index is -0.0658. The maximum atomic E-state index is 12.8. The first-order valence-electron chi connectivity index (χ1n) is 9.63. The van der Waals surface area contributed by atoms with Crippen molar-refractivity contribution in [1.82, 2.24) is 14.8 Å². The van der Waals surface area contributed by atoms with Crippen LogP contribution in [0.2, 0.25) is 5.02 Å². The number of hydrogen-bond acceptors (Lipinski definition) is 7. The minimum absolute atomic E-state index is 0.0658. The fourth-order valence-corrected chi connectivity index (χ4v) is 3.99. The van der Waals surface area contributed by atoms with Crippen molar-refractivity contribution in [3.63, 3.8) is 0 Å². The number of nitrogens with zero attached hydrogens (tertiary/aromatic N) is 3. The van der Waals surface area contributed by atoms with Crippen molar-refractivity contribution in [2.75, 3.05) is 33.7 Å². The van der Waals surface area contributed by atoms with Gasteiger partial charge >= 0.3 is 0 Å². The summed E-state index contributed by atoms with van der Waals surface area (Å²) in [5.41, 5.74) is 1.41. The van der Waals surface area contributed by atoms with Crippen molar-refractivity contribution in [2.24, 2.45) is 0 Å². The zero-order valence-corrected chi connectivity index (χ0v) is 19.2. The number of carbonyl (C=O) groups is 1. The maximum absolute atomic E-state index is 12.8. The molecule has 0 unspecified atom stereocenters. The molecule has 0 saturated heterocycles. The molecule has 2 aromatic carbocycles.